The highest BCUT2D eigenvalue weighted by Crippen LogP contribution is 2.79. The monoisotopic (exact) mass is 399 g/mol. The number of nitrogens with zero attached hydrogens (tertiary/aromatic N) is 1. The van der Waals surface area contributed by atoms with Gasteiger partial charge in [0.1, 0.15) is 24.7 Å². The molecule has 9 fully saturated rings. The first-order valence-electron chi connectivity index (χ1n) is 11.8. The molecule has 10 atom stereocenters. The summed E-state index contributed by atoms with van der Waals surface area (Å²) >= 11 is 0. The molecule has 2 spiro atoms. The van der Waals surface area contributed by atoms with Crippen molar-refractivity contribution in [1.29, 1.82) is 0 Å². The van der Waals surface area contributed by atoms with E-state index in [4.69, 9.17) is 14.2 Å². The van der Waals surface area contributed by atoms with Crippen molar-refractivity contribution in [2.24, 2.45) is 34.0 Å². The summed E-state index contributed by atoms with van der Waals surface area (Å²) in [5.74, 6) is 1.54. The molecule has 9 aliphatic rings. The molecule has 0 amide bonds. The summed E-state index contributed by atoms with van der Waals surface area (Å²) in [6.45, 7) is 10.2. The van der Waals surface area contributed by atoms with E-state index in [1.165, 1.54) is 37.7 Å². The average molecular weight is 400 g/mol. The Balaban J connectivity index is 1.47. The van der Waals surface area contributed by atoms with Gasteiger partial charge in [-0.3, -0.25) is 4.79 Å². The predicted octanol–water partition coefficient (Wildman–Crippen LogP) is 3.48. The zero-order chi connectivity index (χ0) is 19.8. The predicted molar refractivity (Wildman–Crippen MR) is 106 cm³/mol. The van der Waals surface area contributed by atoms with Crippen molar-refractivity contribution in [3.8, 4) is 0 Å². The molecule has 0 radical (unpaired) electrons. The molecule has 29 heavy (non-hydrogen) atoms. The fourth-order valence-electron chi connectivity index (χ4n) is 10.1. The van der Waals surface area contributed by atoms with Crippen LogP contribution in [0.25, 0.3) is 0 Å². The number of carbonyl (C=O) groups excluding carboxylic acids is 1. The smallest absolute Gasteiger partial charge is 0.303 e. The van der Waals surface area contributed by atoms with Crippen LogP contribution in [0.3, 0.4) is 0 Å². The molecule has 9 rings (SSSR count). The van der Waals surface area contributed by atoms with E-state index in [9.17, 15) is 4.79 Å². The van der Waals surface area contributed by atoms with Crippen molar-refractivity contribution >= 4 is 5.97 Å². The van der Waals surface area contributed by atoms with E-state index in [-0.39, 0.29) is 46.9 Å². The van der Waals surface area contributed by atoms with Gasteiger partial charge in [0.2, 0.25) is 0 Å². The second-order valence-corrected chi connectivity index (χ2v) is 11.5. The van der Waals surface area contributed by atoms with Gasteiger partial charge in [-0.15, -0.1) is 0 Å². The second-order valence-electron chi connectivity index (χ2n) is 11.5. The van der Waals surface area contributed by atoms with Crippen LogP contribution < -0.4 is 0 Å². The minimum Gasteiger partial charge on any atom is -0.459 e. The Labute approximate surface area is 173 Å². The SMILES string of the molecule is C=C1C[C@@]23CC[C@@H]1C[C@H]2[C@]12CCC[C@]4(C)[C@H]1[C@H](OC(C)=O)[C@H]3O[C@H]2N1CCO[C@@H]14. The van der Waals surface area contributed by atoms with E-state index < -0.39 is 0 Å². The maximum Gasteiger partial charge on any atom is 0.303 e. The first kappa shape index (κ1) is 17.7. The van der Waals surface area contributed by atoms with E-state index in [0.717, 1.165) is 26.0 Å². The summed E-state index contributed by atoms with van der Waals surface area (Å²) < 4.78 is 19.6. The van der Waals surface area contributed by atoms with Crippen LogP contribution in [0, 0.1) is 34.0 Å². The molecule has 7 bridgehead atoms. The van der Waals surface area contributed by atoms with Gasteiger partial charge < -0.3 is 14.2 Å². The van der Waals surface area contributed by atoms with E-state index in [2.05, 4.69) is 18.4 Å². The number of rotatable bonds is 1. The van der Waals surface area contributed by atoms with Crippen LogP contribution in [-0.4, -0.2) is 48.7 Å². The van der Waals surface area contributed by atoms with Gasteiger partial charge in [0.05, 0.1) is 6.61 Å². The van der Waals surface area contributed by atoms with Crippen LogP contribution in [0.2, 0.25) is 0 Å². The van der Waals surface area contributed by atoms with E-state index in [0.29, 0.717) is 17.8 Å². The molecule has 4 aliphatic heterocycles. The third-order valence-corrected chi connectivity index (χ3v) is 10.6. The Hall–Kier alpha value is -0.910. The molecule has 4 saturated heterocycles. The Kier molecular flexibility index (Phi) is 3.23. The van der Waals surface area contributed by atoms with Gasteiger partial charge in [-0.25, -0.2) is 4.90 Å². The van der Waals surface area contributed by atoms with Crippen molar-refractivity contribution in [1.82, 2.24) is 4.90 Å². The minimum absolute atomic E-state index is 0.00486. The van der Waals surface area contributed by atoms with Crippen LogP contribution in [0.1, 0.15) is 58.8 Å². The van der Waals surface area contributed by atoms with Crippen molar-refractivity contribution in [3.05, 3.63) is 12.2 Å². The number of piperidine rings is 1. The summed E-state index contributed by atoms with van der Waals surface area (Å²) in [4.78, 5) is 14.9. The van der Waals surface area contributed by atoms with Gasteiger partial charge >= 0.3 is 5.97 Å². The molecule has 5 heteroatoms. The minimum atomic E-state index is -0.160. The van der Waals surface area contributed by atoms with Gasteiger partial charge in [0, 0.05) is 35.6 Å². The zero-order valence-corrected chi connectivity index (χ0v) is 17.7. The van der Waals surface area contributed by atoms with E-state index in [1.807, 2.05) is 0 Å². The van der Waals surface area contributed by atoms with Crippen LogP contribution in [-0.2, 0) is 19.0 Å². The Morgan fingerprint density at radius 2 is 2.14 bits per heavy atom. The van der Waals surface area contributed by atoms with Gasteiger partial charge in [-0.05, 0) is 50.4 Å². The highest BCUT2D eigenvalue weighted by atomic mass is 16.6. The topological polar surface area (TPSA) is 48.0 Å². The lowest BCUT2D eigenvalue weighted by molar-refractivity contribution is -0.438. The van der Waals surface area contributed by atoms with Gasteiger partial charge in [-0.2, -0.15) is 0 Å². The van der Waals surface area contributed by atoms with Crippen molar-refractivity contribution in [2.75, 3.05) is 13.2 Å². The fourth-order valence-corrected chi connectivity index (χ4v) is 10.1. The van der Waals surface area contributed by atoms with Crippen molar-refractivity contribution in [3.63, 3.8) is 0 Å². The lowest BCUT2D eigenvalue weighted by Gasteiger charge is -2.80. The highest BCUT2D eigenvalue weighted by molar-refractivity contribution is 5.66. The lowest BCUT2D eigenvalue weighted by Crippen LogP contribution is -2.85. The molecule has 158 valence electrons. The third-order valence-electron chi connectivity index (χ3n) is 10.6. The summed E-state index contributed by atoms with van der Waals surface area (Å²) in [5.41, 5.74) is 1.66. The van der Waals surface area contributed by atoms with Gasteiger partial charge in [-0.1, -0.05) is 25.5 Å². The van der Waals surface area contributed by atoms with Crippen LogP contribution in [0.5, 0.6) is 0 Å². The molecule has 5 nitrogen and oxygen atoms in total. The van der Waals surface area contributed by atoms with E-state index in [1.54, 1.807) is 6.92 Å². The molecule has 0 N–H and O–H groups in total. The first-order valence-corrected chi connectivity index (χ1v) is 11.8. The number of hydrogen-bond donors (Lipinski definition) is 0. The Morgan fingerprint density at radius 3 is 2.93 bits per heavy atom. The van der Waals surface area contributed by atoms with E-state index >= 15 is 0 Å². The molecule has 0 aromatic rings. The van der Waals surface area contributed by atoms with Crippen LogP contribution >= 0.6 is 0 Å². The van der Waals surface area contributed by atoms with Crippen molar-refractivity contribution in [2.45, 2.75) is 83.5 Å². The number of esters is 1. The number of fused-ring (bicyclic) bond motifs is 4. The summed E-state index contributed by atoms with van der Waals surface area (Å²) in [6, 6.07) is 0. The third kappa shape index (κ3) is 1.77. The highest BCUT2D eigenvalue weighted by Gasteiger charge is 2.82. The van der Waals surface area contributed by atoms with Crippen molar-refractivity contribution < 1.29 is 19.0 Å². The molecule has 0 aromatic heterocycles. The Bertz CT molecular complexity index is 813. The molecule has 4 heterocycles. The van der Waals surface area contributed by atoms with Crippen LogP contribution in [0.4, 0.5) is 0 Å². The molecular formula is C24H33NO4. The molecule has 0 aromatic carbocycles. The normalized spacial score (nSPS) is 59.4. The fraction of sp³-hybridized carbons (Fsp3) is 0.875. The summed E-state index contributed by atoms with van der Waals surface area (Å²) in [7, 11) is 0. The lowest BCUT2D eigenvalue weighted by atomic mass is 9.32. The largest absolute Gasteiger partial charge is 0.459 e. The average Bonchev–Trinajstić information content (AvgIpc) is 3.17. The van der Waals surface area contributed by atoms with Crippen LogP contribution in [0.15, 0.2) is 12.2 Å². The van der Waals surface area contributed by atoms with Gasteiger partial charge in [0.15, 0.2) is 0 Å². The van der Waals surface area contributed by atoms with Gasteiger partial charge in [0.25, 0.3) is 0 Å². The number of ether oxygens (including phenoxy) is 3. The maximum atomic E-state index is 12.3. The second kappa shape index (κ2) is 5.28. The molecule has 5 aliphatic carbocycles. The quantitative estimate of drug-likeness (QED) is 0.499. The number of hydrogen-bond acceptors (Lipinski definition) is 5. The number of carbonyl (C=O) groups is 1. The first-order chi connectivity index (χ1) is 13.9. The summed E-state index contributed by atoms with van der Waals surface area (Å²) in [5, 5.41) is 0. The number of allylic oxidation sites excluding steroid dienone is 1. The molecular weight excluding hydrogens is 366 g/mol. The molecule has 0 unspecified atom stereocenters. The summed E-state index contributed by atoms with van der Waals surface area (Å²) in [6.07, 6.45) is 8.49. The molecule has 5 saturated carbocycles. The maximum absolute atomic E-state index is 12.3. The Morgan fingerprint density at radius 1 is 1.28 bits per heavy atom. The zero-order valence-electron chi connectivity index (χ0n) is 17.7. The standard InChI is InChI=1S/C24H33NO4/c1-13-12-23-8-5-15(13)11-16(23)24-7-4-6-22(3)18(24)17(28-14(2)26)19(23)29-21(24)25-9-10-27-20(22)25/h15-21H,1,4-12H2,2-3H3/t15-,16-,17+,18-,19-,20-,21-,22-,23+,24-/m1/s1.